The zero-order valence-electron chi connectivity index (χ0n) is 6.82. The summed E-state index contributed by atoms with van der Waals surface area (Å²) >= 11 is 3.04. The molecule has 1 rings (SSSR count). The number of alkyl halides is 3. The van der Waals surface area contributed by atoms with Crippen molar-refractivity contribution in [2.75, 3.05) is 0 Å². The van der Waals surface area contributed by atoms with Gasteiger partial charge in [0.25, 0.3) is 6.43 Å². The highest BCUT2D eigenvalue weighted by Gasteiger charge is 2.15. The Hall–Kier alpha value is -0.580. The Labute approximate surface area is 82.1 Å². The maximum Gasteiger partial charge on any atom is 0.280 e. The molecule has 0 aromatic carbocycles. The van der Waals surface area contributed by atoms with Gasteiger partial charge >= 0.3 is 0 Å². The molecule has 0 saturated carbocycles. The molecule has 0 fully saturated rings. The van der Waals surface area contributed by atoms with Crippen LogP contribution in [0.5, 0.6) is 0 Å². The summed E-state index contributed by atoms with van der Waals surface area (Å²) in [6.45, 7) is 1.49. The van der Waals surface area contributed by atoms with Gasteiger partial charge in [-0.15, -0.1) is 0 Å². The Bertz CT molecular complexity index is 315. The van der Waals surface area contributed by atoms with Crippen molar-refractivity contribution in [1.82, 2.24) is 4.98 Å². The summed E-state index contributed by atoms with van der Waals surface area (Å²) in [5, 5.41) is 0.274. The molecule has 0 saturated heterocycles. The maximum absolute atomic E-state index is 12.9. The molecule has 0 aliphatic rings. The number of nitrogens with zero attached hydrogens (tertiary/aromatic N) is 1. The van der Waals surface area contributed by atoms with E-state index in [1.54, 1.807) is 0 Å². The van der Waals surface area contributed by atoms with Gasteiger partial charge in [-0.1, -0.05) is 15.9 Å². The number of aryl methyl sites for hydroxylation is 1. The third kappa shape index (κ3) is 2.21. The van der Waals surface area contributed by atoms with E-state index in [9.17, 15) is 13.2 Å². The van der Waals surface area contributed by atoms with Crippen LogP contribution in [0.3, 0.4) is 0 Å². The Morgan fingerprint density at radius 2 is 2.15 bits per heavy atom. The molecular formula is C8H7BrF3N. The fourth-order valence-electron chi connectivity index (χ4n) is 0.975. The minimum Gasteiger partial charge on any atom is -0.218 e. The van der Waals surface area contributed by atoms with Crippen LogP contribution in [0.2, 0.25) is 0 Å². The number of pyridine rings is 1. The van der Waals surface area contributed by atoms with Gasteiger partial charge in [0.2, 0.25) is 5.95 Å². The van der Waals surface area contributed by atoms with Gasteiger partial charge in [-0.2, -0.15) is 4.39 Å². The molecular weight excluding hydrogens is 247 g/mol. The molecule has 0 aliphatic carbocycles. The molecule has 1 nitrogen and oxygen atoms in total. The highest BCUT2D eigenvalue weighted by molar-refractivity contribution is 9.08. The Morgan fingerprint density at radius 3 is 2.62 bits per heavy atom. The quantitative estimate of drug-likeness (QED) is 0.582. The second-order valence-corrected chi connectivity index (χ2v) is 3.14. The summed E-state index contributed by atoms with van der Waals surface area (Å²) in [7, 11) is 0. The molecule has 0 spiro atoms. The van der Waals surface area contributed by atoms with Crippen LogP contribution in [0.25, 0.3) is 0 Å². The lowest BCUT2D eigenvalue weighted by Gasteiger charge is -2.06. The SMILES string of the molecule is Cc1cc(CBr)c(F)nc1C(F)F. The number of halogens is 4. The molecule has 0 amide bonds. The lowest BCUT2D eigenvalue weighted by molar-refractivity contribution is 0.144. The van der Waals surface area contributed by atoms with E-state index in [-0.39, 0.29) is 5.33 Å². The molecule has 13 heavy (non-hydrogen) atoms. The topological polar surface area (TPSA) is 12.9 Å². The van der Waals surface area contributed by atoms with Crippen molar-refractivity contribution < 1.29 is 13.2 Å². The molecule has 0 bridgehead atoms. The molecule has 0 N–H and O–H groups in total. The smallest absolute Gasteiger partial charge is 0.218 e. The standard InChI is InChI=1S/C8H7BrF3N/c1-4-2-5(3-9)8(12)13-6(4)7(10)11/h2,7H,3H2,1H3. The molecule has 72 valence electrons. The summed E-state index contributed by atoms with van der Waals surface area (Å²) in [5.74, 6) is -0.835. The average molecular weight is 254 g/mol. The third-order valence-electron chi connectivity index (χ3n) is 1.63. The number of rotatable bonds is 2. The first-order valence-corrected chi connectivity index (χ1v) is 4.68. The Balaban J connectivity index is 3.20. The van der Waals surface area contributed by atoms with Crippen LogP contribution in [0, 0.1) is 12.9 Å². The lowest BCUT2D eigenvalue weighted by Crippen LogP contribution is -2.00. The van der Waals surface area contributed by atoms with Crippen LogP contribution in [0.15, 0.2) is 6.07 Å². The van der Waals surface area contributed by atoms with E-state index in [4.69, 9.17) is 0 Å². The van der Waals surface area contributed by atoms with Crippen molar-refractivity contribution in [3.05, 3.63) is 28.8 Å². The first-order valence-electron chi connectivity index (χ1n) is 3.56. The van der Waals surface area contributed by atoms with Gasteiger partial charge in [0, 0.05) is 10.9 Å². The molecule has 0 unspecified atom stereocenters. The lowest BCUT2D eigenvalue weighted by atomic mass is 10.1. The predicted octanol–water partition coefficient (Wildman–Crippen LogP) is 3.36. The van der Waals surface area contributed by atoms with Gasteiger partial charge in [0.1, 0.15) is 5.69 Å². The van der Waals surface area contributed by atoms with Crippen molar-refractivity contribution in [1.29, 1.82) is 0 Å². The van der Waals surface area contributed by atoms with Gasteiger partial charge in [-0.05, 0) is 18.6 Å². The van der Waals surface area contributed by atoms with Gasteiger partial charge in [0.05, 0.1) is 0 Å². The fraction of sp³-hybridized carbons (Fsp3) is 0.375. The summed E-state index contributed by atoms with van der Waals surface area (Å²) in [6, 6.07) is 1.37. The number of aromatic nitrogens is 1. The molecule has 0 atom stereocenters. The van der Waals surface area contributed by atoms with Crippen molar-refractivity contribution in [2.45, 2.75) is 18.7 Å². The van der Waals surface area contributed by atoms with Crippen LogP contribution in [0.1, 0.15) is 23.2 Å². The molecule has 1 aromatic heterocycles. The van der Waals surface area contributed by atoms with E-state index in [1.165, 1.54) is 13.0 Å². The Kier molecular flexibility index (Phi) is 3.30. The molecule has 5 heteroatoms. The van der Waals surface area contributed by atoms with Crippen molar-refractivity contribution >= 4 is 15.9 Å². The number of hydrogen-bond donors (Lipinski definition) is 0. The van der Waals surface area contributed by atoms with Crippen LogP contribution in [0.4, 0.5) is 13.2 Å². The van der Waals surface area contributed by atoms with Crippen molar-refractivity contribution in [3.8, 4) is 0 Å². The number of hydrogen-bond acceptors (Lipinski definition) is 1. The van der Waals surface area contributed by atoms with Crippen LogP contribution >= 0.6 is 15.9 Å². The van der Waals surface area contributed by atoms with E-state index in [2.05, 4.69) is 20.9 Å². The van der Waals surface area contributed by atoms with Crippen LogP contribution < -0.4 is 0 Å². The third-order valence-corrected chi connectivity index (χ3v) is 2.23. The first kappa shape index (κ1) is 10.5. The molecule has 1 aromatic rings. The van der Waals surface area contributed by atoms with Crippen LogP contribution in [-0.4, -0.2) is 4.98 Å². The summed E-state index contributed by atoms with van der Waals surface area (Å²) in [6.07, 6.45) is -2.72. The molecule has 0 radical (unpaired) electrons. The minimum atomic E-state index is -2.72. The zero-order chi connectivity index (χ0) is 10.0. The summed E-state index contributed by atoms with van der Waals surface area (Å²) < 4.78 is 37.3. The monoisotopic (exact) mass is 253 g/mol. The van der Waals surface area contributed by atoms with Crippen molar-refractivity contribution in [2.24, 2.45) is 0 Å². The summed E-state index contributed by atoms with van der Waals surface area (Å²) in [4.78, 5) is 3.20. The van der Waals surface area contributed by atoms with E-state index in [0.29, 0.717) is 11.1 Å². The second kappa shape index (κ2) is 4.09. The fourth-order valence-corrected chi connectivity index (χ4v) is 1.37. The highest BCUT2D eigenvalue weighted by atomic mass is 79.9. The van der Waals surface area contributed by atoms with Gasteiger partial charge < -0.3 is 0 Å². The minimum absolute atomic E-state index is 0.274. The zero-order valence-corrected chi connectivity index (χ0v) is 8.41. The maximum atomic E-state index is 12.9. The van der Waals surface area contributed by atoms with Gasteiger partial charge in [-0.3, -0.25) is 0 Å². The first-order chi connectivity index (χ1) is 6.06. The normalized spacial score (nSPS) is 10.9. The van der Waals surface area contributed by atoms with Crippen LogP contribution in [-0.2, 0) is 5.33 Å². The molecule has 1 heterocycles. The van der Waals surface area contributed by atoms with Gasteiger partial charge in [0.15, 0.2) is 0 Å². The van der Waals surface area contributed by atoms with E-state index < -0.39 is 18.1 Å². The predicted molar refractivity (Wildman–Crippen MR) is 46.5 cm³/mol. The largest absolute Gasteiger partial charge is 0.280 e. The van der Waals surface area contributed by atoms with E-state index >= 15 is 0 Å². The average Bonchev–Trinajstić information content (AvgIpc) is 2.07. The Morgan fingerprint density at radius 1 is 1.54 bits per heavy atom. The van der Waals surface area contributed by atoms with Gasteiger partial charge in [-0.25, -0.2) is 13.8 Å². The second-order valence-electron chi connectivity index (χ2n) is 2.57. The highest BCUT2D eigenvalue weighted by Crippen LogP contribution is 2.22. The van der Waals surface area contributed by atoms with E-state index in [0.717, 1.165) is 0 Å². The summed E-state index contributed by atoms with van der Waals surface area (Å²) in [5.41, 5.74) is 0.120. The van der Waals surface area contributed by atoms with Crippen molar-refractivity contribution in [3.63, 3.8) is 0 Å². The van der Waals surface area contributed by atoms with E-state index in [1.807, 2.05) is 0 Å². The molecule has 0 aliphatic heterocycles.